The normalized spacial score (nSPS) is 29.2. The molecule has 0 aromatic heterocycles. The first kappa shape index (κ1) is 15.7. The summed E-state index contributed by atoms with van der Waals surface area (Å²) < 4.78 is 5.26. The van der Waals surface area contributed by atoms with Gasteiger partial charge in [-0.25, -0.2) is 0 Å². The molecule has 2 unspecified atom stereocenters. The second-order valence-electron chi connectivity index (χ2n) is 5.65. The second-order valence-corrected chi connectivity index (χ2v) is 5.65. The van der Waals surface area contributed by atoms with Gasteiger partial charge in [-0.1, -0.05) is 6.92 Å². The van der Waals surface area contributed by atoms with Crippen LogP contribution in [-0.2, 0) is 9.53 Å². The maximum absolute atomic E-state index is 12.3. The van der Waals surface area contributed by atoms with Gasteiger partial charge in [0, 0.05) is 13.7 Å². The number of ether oxygens (including phenoxy) is 1. The van der Waals surface area contributed by atoms with E-state index in [0.29, 0.717) is 12.5 Å². The molecule has 2 rings (SSSR count). The fourth-order valence-electron chi connectivity index (χ4n) is 2.71. The highest BCUT2D eigenvalue weighted by Gasteiger charge is 2.41. The van der Waals surface area contributed by atoms with Crippen LogP contribution in [0.1, 0.15) is 26.2 Å². The first-order chi connectivity index (χ1) is 8.18. The quantitative estimate of drug-likeness (QED) is 0.793. The monoisotopic (exact) mass is 276 g/mol. The van der Waals surface area contributed by atoms with Gasteiger partial charge in [0.2, 0.25) is 5.91 Å². The number of halogens is 1. The summed E-state index contributed by atoms with van der Waals surface area (Å²) in [6.07, 6.45) is 3.03. The predicted octanol–water partition coefficient (Wildman–Crippen LogP) is 1.20. The van der Waals surface area contributed by atoms with Crippen molar-refractivity contribution in [3.05, 3.63) is 0 Å². The summed E-state index contributed by atoms with van der Waals surface area (Å²) >= 11 is 0. The number of nitrogens with one attached hydrogen (secondary N) is 2. The first-order valence-electron chi connectivity index (χ1n) is 6.66. The molecular formula is C13H25ClN2O2. The third kappa shape index (κ3) is 3.59. The Labute approximate surface area is 116 Å². The zero-order valence-electron chi connectivity index (χ0n) is 11.3. The molecule has 1 amide bonds. The average molecular weight is 277 g/mol. The SMILES string of the molecule is COCC1(C(=O)NCC2CC2C)CCNCC1.Cl. The summed E-state index contributed by atoms with van der Waals surface area (Å²) in [5.41, 5.74) is -0.294. The van der Waals surface area contributed by atoms with Crippen LogP contribution in [0, 0.1) is 17.3 Å². The number of methoxy groups -OCH3 is 1. The molecule has 0 aromatic rings. The summed E-state index contributed by atoms with van der Waals surface area (Å²) in [7, 11) is 1.68. The van der Waals surface area contributed by atoms with E-state index in [1.54, 1.807) is 7.11 Å². The first-order valence-corrected chi connectivity index (χ1v) is 6.66. The molecule has 5 heteroatoms. The Hall–Kier alpha value is -0.320. The third-order valence-electron chi connectivity index (χ3n) is 4.26. The molecule has 1 saturated carbocycles. The summed E-state index contributed by atoms with van der Waals surface area (Å²) in [6, 6.07) is 0. The Bertz CT molecular complexity index is 275. The zero-order valence-corrected chi connectivity index (χ0v) is 12.1. The van der Waals surface area contributed by atoms with E-state index in [4.69, 9.17) is 4.74 Å². The smallest absolute Gasteiger partial charge is 0.228 e. The molecule has 2 aliphatic rings. The van der Waals surface area contributed by atoms with Crippen molar-refractivity contribution in [3.8, 4) is 0 Å². The van der Waals surface area contributed by atoms with Crippen LogP contribution in [0.2, 0.25) is 0 Å². The Morgan fingerprint density at radius 3 is 2.56 bits per heavy atom. The predicted molar refractivity (Wildman–Crippen MR) is 73.9 cm³/mol. The van der Waals surface area contributed by atoms with Gasteiger partial charge in [-0.2, -0.15) is 0 Å². The molecule has 0 radical (unpaired) electrons. The lowest BCUT2D eigenvalue weighted by atomic mass is 9.78. The van der Waals surface area contributed by atoms with Crippen LogP contribution >= 0.6 is 12.4 Å². The van der Waals surface area contributed by atoms with Crippen molar-refractivity contribution in [2.75, 3.05) is 33.4 Å². The maximum Gasteiger partial charge on any atom is 0.228 e. The van der Waals surface area contributed by atoms with Crippen molar-refractivity contribution in [2.24, 2.45) is 17.3 Å². The van der Waals surface area contributed by atoms with Crippen LogP contribution in [0.25, 0.3) is 0 Å². The van der Waals surface area contributed by atoms with Crippen molar-refractivity contribution in [1.82, 2.24) is 10.6 Å². The molecule has 1 aliphatic heterocycles. The number of carbonyl (C=O) groups excluding carboxylic acids is 1. The fraction of sp³-hybridized carbons (Fsp3) is 0.923. The van der Waals surface area contributed by atoms with E-state index in [1.807, 2.05) is 0 Å². The maximum atomic E-state index is 12.3. The van der Waals surface area contributed by atoms with E-state index in [0.717, 1.165) is 38.4 Å². The minimum atomic E-state index is -0.294. The van der Waals surface area contributed by atoms with E-state index in [-0.39, 0.29) is 23.7 Å². The standard InChI is InChI=1S/C13H24N2O2.ClH/c1-10-7-11(10)8-15-12(16)13(9-17-2)3-5-14-6-4-13;/h10-11,14H,3-9H2,1-2H3,(H,15,16);1H. The molecular weight excluding hydrogens is 252 g/mol. The molecule has 0 aromatic carbocycles. The van der Waals surface area contributed by atoms with E-state index in [9.17, 15) is 4.79 Å². The molecule has 2 N–H and O–H groups in total. The van der Waals surface area contributed by atoms with Gasteiger partial charge >= 0.3 is 0 Å². The van der Waals surface area contributed by atoms with Crippen molar-refractivity contribution >= 4 is 18.3 Å². The number of hydrogen-bond acceptors (Lipinski definition) is 3. The van der Waals surface area contributed by atoms with Crippen molar-refractivity contribution in [2.45, 2.75) is 26.2 Å². The van der Waals surface area contributed by atoms with Crippen LogP contribution in [-0.4, -0.2) is 39.3 Å². The van der Waals surface area contributed by atoms with Gasteiger partial charge in [-0.3, -0.25) is 4.79 Å². The molecule has 4 nitrogen and oxygen atoms in total. The van der Waals surface area contributed by atoms with Gasteiger partial charge in [-0.05, 0) is 44.2 Å². The molecule has 18 heavy (non-hydrogen) atoms. The van der Waals surface area contributed by atoms with Crippen molar-refractivity contribution in [3.63, 3.8) is 0 Å². The Morgan fingerprint density at radius 2 is 2.06 bits per heavy atom. The highest BCUT2D eigenvalue weighted by atomic mass is 35.5. The summed E-state index contributed by atoms with van der Waals surface area (Å²) in [4.78, 5) is 12.3. The van der Waals surface area contributed by atoms with Gasteiger partial charge < -0.3 is 15.4 Å². The second kappa shape index (κ2) is 6.73. The molecule has 106 valence electrons. The van der Waals surface area contributed by atoms with E-state index >= 15 is 0 Å². The van der Waals surface area contributed by atoms with E-state index in [1.165, 1.54) is 6.42 Å². The van der Waals surface area contributed by atoms with Gasteiger partial charge in [0.1, 0.15) is 0 Å². The minimum absolute atomic E-state index is 0. The van der Waals surface area contributed by atoms with E-state index in [2.05, 4.69) is 17.6 Å². The topological polar surface area (TPSA) is 50.4 Å². The number of hydrogen-bond donors (Lipinski definition) is 2. The highest BCUT2D eigenvalue weighted by molar-refractivity contribution is 5.85. The highest BCUT2D eigenvalue weighted by Crippen LogP contribution is 2.37. The minimum Gasteiger partial charge on any atom is -0.384 e. The van der Waals surface area contributed by atoms with Crippen molar-refractivity contribution in [1.29, 1.82) is 0 Å². The summed E-state index contributed by atoms with van der Waals surface area (Å²) in [5, 5.41) is 6.43. The number of rotatable bonds is 5. The molecule has 2 atom stereocenters. The van der Waals surface area contributed by atoms with Gasteiger partial charge in [0.05, 0.1) is 12.0 Å². The molecule has 2 fully saturated rings. The van der Waals surface area contributed by atoms with Crippen molar-refractivity contribution < 1.29 is 9.53 Å². The number of amides is 1. The van der Waals surface area contributed by atoms with Crippen LogP contribution in [0.4, 0.5) is 0 Å². The van der Waals surface area contributed by atoms with Crippen LogP contribution in [0.5, 0.6) is 0 Å². The molecule has 0 bridgehead atoms. The molecule has 1 saturated heterocycles. The largest absolute Gasteiger partial charge is 0.384 e. The average Bonchev–Trinajstić information content (AvgIpc) is 3.04. The van der Waals surface area contributed by atoms with Gasteiger partial charge in [0.15, 0.2) is 0 Å². The zero-order chi connectivity index (χ0) is 12.3. The van der Waals surface area contributed by atoms with E-state index < -0.39 is 0 Å². The van der Waals surface area contributed by atoms with Crippen LogP contribution in [0.15, 0.2) is 0 Å². The molecule has 1 aliphatic carbocycles. The number of piperidine rings is 1. The lowest BCUT2D eigenvalue weighted by Crippen LogP contribution is -2.50. The van der Waals surface area contributed by atoms with Gasteiger partial charge in [0.25, 0.3) is 0 Å². The summed E-state index contributed by atoms with van der Waals surface area (Å²) in [5.74, 6) is 1.70. The Balaban J connectivity index is 0.00000162. The fourth-order valence-corrected chi connectivity index (χ4v) is 2.71. The molecule has 1 heterocycles. The lowest BCUT2D eigenvalue weighted by Gasteiger charge is -2.35. The Kier molecular flexibility index (Phi) is 5.89. The van der Waals surface area contributed by atoms with Crippen LogP contribution in [0.3, 0.4) is 0 Å². The third-order valence-corrected chi connectivity index (χ3v) is 4.26. The Morgan fingerprint density at radius 1 is 1.44 bits per heavy atom. The molecule has 0 spiro atoms. The summed E-state index contributed by atoms with van der Waals surface area (Å²) in [6.45, 7) is 5.46. The number of carbonyl (C=O) groups is 1. The van der Waals surface area contributed by atoms with Crippen LogP contribution < -0.4 is 10.6 Å². The lowest BCUT2D eigenvalue weighted by molar-refractivity contribution is -0.136. The van der Waals surface area contributed by atoms with Gasteiger partial charge in [-0.15, -0.1) is 12.4 Å².